The smallest absolute Gasteiger partial charge is 0.125 e. The van der Waals surface area contributed by atoms with E-state index >= 15 is 0 Å². The Morgan fingerprint density at radius 2 is 1.93 bits per heavy atom. The molecule has 0 saturated carbocycles. The summed E-state index contributed by atoms with van der Waals surface area (Å²) in [7, 11) is 0. The Morgan fingerprint density at radius 3 is 2.43 bits per heavy atom. The van der Waals surface area contributed by atoms with E-state index in [2.05, 4.69) is 0 Å². The lowest BCUT2D eigenvalue weighted by Gasteiger charge is -2.19. The summed E-state index contributed by atoms with van der Waals surface area (Å²) in [6, 6.07) is 4.44. The monoisotopic (exact) mass is 197 g/mol. The number of ether oxygens (including phenoxy) is 1. The molecule has 0 saturated heterocycles. The average Bonchev–Trinajstić information content (AvgIpc) is 1.97. The Morgan fingerprint density at radius 1 is 1.29 bits per heavy atom. The van der Waals surface area contributed by atoms with E-state index in [9.17, 15) is 4.39 Å². The van der Waals surface area contributed by atoms with Gasteiger partial charge in [-0.25, -0.2) is 4.39 Å². The number of nitrogen functional groups attached to an aromatic ring is 1. The van der Waals surface area contributed by atoms with Crippen molar-refractivity contribution in [1.82, 2.24) is 0 Å². The van der Waals surface area contributed by atoms with Gasteiger partial charge in [-0.15, -0.1) is 0 Å². The third kappa shape index (κ3) is 3.75. The van der Waals surface area contributed by atoms with Crippen molar-refractivity contribution in [1.29, 1.82) is 0 Å². The Hall–Kier alpha value is -1.09. The van der Waals surface area contributed by atoms with E-state index in [1.54, 1.807) is 6.07 Å². The molecule has 1 rings (SSSR count). The summed E-state index contributed by atoms with van der Waals surface area (Å²) in [4.78, 5) is 0. The van der Waals surface area contributed by atoms with Crippen LogP contribution in [0.15, 0.2) is 18.2 Å². The minimum absolute atomic E-state index is 0.221. The molecule has 1 aromatic rings. The van der Waals surface area contributed by atoms with Crippen LogP contribution in [0.5, 0.6) is 0 Å². The first-order chi connectivity index (χ1) is 6.37. The first-order valence-corrected chi connectivity index (χ1v) is 4.56. The summed E-state index contributed by atoms with van der Waals surface area (Å²) < 4.78 is 18.4. The van der Waals surface area contributed by atoms with Gasteiger partial charge >= 0.3 is 0 Å². The molecule has 0 aliphatic heterocycles. The van der Waals surface area contributed by atoms with Crippen LogP contribution in [-0.2, 0) is 11.3 Å². The van der Waals surface area contributed by atoms with Crippen LogP contribution in [0.2, 0.25) is 0 Å². The topological polar surface area (TPSA) is 35.2 Å². The molecule has 0 fully saturated rings. The van der Waals surface area contributed by atoms with Gasteiger partial charge in [0.25, 0.3) is 0 Å². The molecule has 0 unspecified atom stereocenters. The second-order valence-electron chi connectivity index (χ2n) is 4.29. The summed E-state index contributed by atoms with van der Waals surface area (Å²) >= 11 is 0. The SMILES string of the molecule is CC(C)(C)OCc1cc(N)cc(F)c1. The summed E-state index contributed by atoms with van der Waals surface area (Å²) in [5.74, 6) is -0.322. The summed E-state index contributed by atoms with van der Waals surface area (Å²) in [5.41, 5.74) is 6.47. The molecule has 3 heteroatoms. The fraction of sp³-hybridized carbons (Fsp3) is 0.455. The van der Waals surface area contributed by atoms with Crippen molar-refractivity contribution in [2.75, 3.05) is 5.73 Å². The first-order valence-electron chi connectivity index (χ1n) is 4.56. The molecule has 0 bridgehead atoms. The van der Waals surface area contributed by atoms with Crippen LogP contribution < -0.4 is 5.73 Å². The normalized spacial score (nSPS) is 11.7. The van der Waals surface area contributed by atoms with Gasteiger partial charge < -0.3 is 10.5 Å². The molecule has 1 aromatic carbocycles. The van der Waals surface area contributed by atoms with Gasteiger partial charge in [0.1, 0.15) is 5.82 Å². The third-order valence-electron chi connectivity index (χ3n) is 1.65. The first kappa shape index (κ1) is 11.0. The van der Waals surface area contributed by atoms with Crippen molar-refractivity contribution in [3.8, 4) is 0 Å². The van der Waals surface area contributed by atoms with E-state index in [4.69, 9.17) is 10.5 Å². The average molecular weight is 197 g/mol. The van der Waals surface area contributed by atoms with Crippen molar-refractivity contribution in [2.24, 2.45) is 0 Å². The van der Waals surface area contributed by atoms with Gasteiger partial charge in [0.2, 0.25) is 0 Å². The van der Waals surface area contributed by atoms with Crippen molar-refractivity contribution in [3.63, 3.8) is 0 Å². The maximum Gasteiger partial charge on any atom is 0.125 e. The van der Waals surface area contributed by atoms with Gasteiger partial charge in [-0.3, -0.25) is 0 Å². The predicted molar refractivity (Wildman–Crippen MR) is 55.4 cm³/mol. The van der Waals surface area contributed by atoms with Gasteiger partial charge in [0.05, 0.1) is 12.2 Å². The van der Waals surface area contributed by atoms with Crippen molar-refractivity contribution in [3.05, 3.63) is 29.6 Å². The molecule has 0 heterocycles. The van der Waals surface area contributed by atoms with Crippen molar-refractivity contribution < 1.29 is 9.13 Å². The molecule has 2 N–H and O–H groups in total. The maximum atomic E-state index is 12.9. The lowest BCUT2D eigenvalue weighted by molar-refractivity contribution is -0.0150. The summed E-state index contributed by atoms with van der Waals surface area (Å²) in [6.45, 7) is 6.24. The highest BCUT2D eigenvalue weighted by atomic mass is 19.1. The Balaban J connectivity index is 2.68. The Bertz CT molecular complexity index is 297. The number of benzene rings is 1. The number of anilines is 1. The largest absolute Gasteiger partial charge is 0.399 e. The van der Waals surface area contributed by atoms with E-state index in [-0.39, 0.29) is 11.4 Å². The van der Waals surface area contributed by atoms with Crippen molar-refractivity contribution >= 4 is 5.69 Å². The third-order valence-corrected chi connectivity index (χ3v) is 1.65. The maximum absolute atomic E-state index is 12.9. The number of nitrogens with two attached hydrogens (primary N) is 1. The highest BCUT2D eigenvalue weighted by Gasteiger charge is 2.10. The van der Waals surface area contributed by atoms with Crippen LogP contribution in [-0.4, -0.2) is 5.60 Å². The lowest BCUT2D eigenvalue weighted by atomic mass is 10.1. The second-order valence-corrected chi connectivity index (χ2v) is 4.29. The fourth-order valence-electron chi connectivity index (χ4n) is 1.06. The molecular weight excluding hydrogens is 181 g/mol. The number of hydrogen-bond acceptors (Lipinski definition) is 2. The van der Waals surface area contributed by atoms with Gasteiger partial charge in [-0.05, 0) is 44.5 Å². The van der Waals surface area contributed by atoms with Gasteiger partial charge in [0, 0.05) is 5.69 Å². The van der Waals surface area contributed by atoms with Crippen molar-refractivity contribution in [2.45, 2.75) is 33.0 Å². The van der Waals surface area contributed by atoms with Crippen LogP contribution in [0, 0.1) is 5.82 Å². The second kappa shape index (κ2) is 3.96. The standard InChI is InChI=1S/C11H16FNO/c1-11(2,3)14-7-8-4-9(12)6-10(13)5-8/h4-6H,7,13H2,1-3H3. The molecule has 14 heavy (non-hydrogen) atoms. The van der Waals surface area contributed by atoms with E-state index in [0.29, 0.717) is 12.3 Å². The minimum atomic E-state index is -0.322. The molecule has 0 aromatic heterocycles. The van der Waals surface area contributed by atoms with Crippen LogP contribution in [0.1, 0.15) is 26.3 Å². The summed E-state index contributed by atoms with van der Waals surface area (Å²) in [5, 5.41) is 0. The van der Waals surface area contributed by atoms with E-state index in [0.717, 1.165) is 5.56 Å². The lowest BCUT2D eigenvalue weighted by Crippen LogP contribution is -2.18. The predicted octanol–water partition coefficient (Wildman–Crippen LogP) is 2.72. The molecule has 0 radical (unpaired) electrons. The quantitative estimate of drug-likeness (QED) is 0.740. The molecule has 0 atom stereocenters. The zero-order chi connectivity index (χ0) is 10.8. The van der Waals surface area contributed by atoms with Crippen LogP contribution in [0.4, 0.5) is 10.1 Å². The van der Waals surface area contributed by atoms with E-state index in [1.807, 2.05) is 20.8 Å². The van der Waals surface area contributed by atoms with E-state index in [1.165, 1.54) is 12.1 Å². The molecule has 0 spiro atoms. The molecule has 0 aliphatic rings. The number of rotatable bonds is 2. The zero-order valence-corrected chi connectivity index (χ0v) is 8.80. The molecule has 78 valence electrons. The number of hydrogen-bond donors (Lipinski definition) is 1. The summed E-state index contributed by atoms with van der Waals surface area (Å²) in [6.07, 6.45) is 0. The molecule has 0 amide bonds. The van der Waals surface area contributed by atoms with Crippen LogP contribution in [0.25, 0.3) is 0 Å². The molecule has 2 nitrogen and oxygen atoms in total. The van der Waals surface area contributed by atoms with Crippen LogP contribution >= 0.6 is 0 Å². The highest BCUT2D eigenvalue weighted by Crippen LogP contribution is 2.15. The number of halogens is 1. The minimum Gasteiger partial charge on any atom is -0.399 e. The van der Waals surface area contributed by atoms with Gasteiger partial charge in [-0.1, -0.05) is 0 Å². The fourth-order valence-corrected chi connectivity index (χ4v) is 1.06. The molecular formula is C11H16FNO. The molecule has 0 aliphatic carbocycles. The van der Waals surface area contributed by atoms with E-state index < -0.39 is 0 Å². The van der Waals surface area contributed by atoms with Gasteiger partial charge in [-0.2, -0.15) is 0 Å². The Labute approximate surface area is 83.9 Å². The zero-order valence-electron chi connectivity index (χ0n) is 8.80. The highest BCUT2D eigenvalue weighted by molar-refractivity contribution is 5.41. The Kier molecular flexibility index (Phi) is 3.11. The van der Waals surface area contributed by atoms with Gasteiger partial charge in [0.15, 0.2) is 0 Å². The van der Waals surface area contributed by atoms with Crippen LogP contribution in [0.3, 0.4) is 0 Å².